The summed E-state index contributed by atoms with van der Waals surface area (Å²) in [5.74, 6) is -0.829. The van der Waals surface area contributed by atoms with Crippen LogP contribution in [0.2, 0.25) is 0 Å². The Bertz CT molecular complexity index is 1270. The van der Waals surface area contributed by atoms with Crippen molar-refractivity contribution in [1.29, 1.82) is 0 Å². The highest BCUT2D eigenvalue weighted by atomic mass is 16.2. The van der Waals surface area contributed by atoms with Gasteiger partial charge >= 0.3 is 0 Å². The maximum Gasteiger partial charge on any atom is 0.261 e. The van der Waals surface area contributed by atoms with Crippen molar-refractivity contribution in [2.24, 2.45) is 0 Å². The van der Waals surface area contributed by atoms with Crippen LogP contribution < -0.4 is 0 Å². The summed E-state index contributed by atoms with van der Waals surface area (Å²) in [5, 5.41) is 4.53. The van der Waals surface area contributed by atoms with E-state index >= 15 is 0 Å². The lowest BCUT2D eigenvalue weighted by Gasteiger charge is -2.30. The molecule has 2 aliphatic rings. The van der Waals surface area contributed by atoms with Gasteiger partial charge in [-0.25, -0.2) is 0 Å². The Kier molecular flexibility index (Phi) is 4.92. The standard InChI is InChI=1S/C26H26N4O3/c1-26(2,3)30-22-11-12-28(16-19(22)14-27-30)23(31)18-9-10-20-21(13-18)25(33)29(24(20)32)15-17-7-5-4-6-8-17/h4-10,13-14H,11-12,15-16H2,1-3H3. The highest BCUT2D eigenvalue weighted by molar-refractivity contribution is 6.22. The Morgan fingerprint density at radius 3 is 2.45 bits per heavy atom. The molecule has 0 atom stereocenters. The second-order valence-electron chi connectivity index (χ2n) is 9.62. The largest absolute Gasteiger partial charge is 0.334 e. The van der Waals surface area contributed by atoms with Gasteiger partial charge < -0.3 is 4.90 Å². The third-order valence-corrected chi connectivity index (χ3v) is 6.26. The molecule has 1 aromatic heterocycles. The van der Waals surface area contributed by atoms with Gasteiger partial charge in [-0.05, 0) is 44.5 Å². The van der Waals surface area contributed by atoms with Crippen LogP contribution in [0.3, 0.4) is 0 Å². The molecule has 0 N–H and O–H groups in total. The van der Waals surface area contributed by atoms with Crippen molar-refractivity contribution in [3.8, 4) is 0 Å². The van der Waals surface area contributed by atoms with E-state index in [0.717, 1.165) is 23.2 Å². The normalized spacial score (nSPS) is 15.6. The zero-order chi connectivity index (χ0) is 23.3. The van der Waals surface area contributed by atoms with Crippen LogP contribution in [0.4, 0.5) is 0 Å². The number of carbonyl (C=O) groups excluding carboxylic acids is 3. The maximum absolute atomic E-state index is 13.3. The average molecular weight is 443 g/mol. The first-order valence-corrected chi connectivity index (χ1v) is 11.1. The Labute approximate surface area is 192 Å². The number of amides is 3. The Morgan fingerprint density at radius 1 is 1.00 bits per heavy atom. The SMILES string of the molecule is CC(C)(C)n1ncc2c1CCN(C(=O)c1ccc3c(c1)C(=O)N(Cc1ccccc1)C3=O)C2. The van der Waals surface area contributed by atoms with Gasteiger partial charge in [-0.1, -0.05) is 30.3 Å². The van der Waals surface area contributed by atoms with Crippen LogP contribution in [0, 0.1) is 0 Å². The molecule has 5 rings (SSSR count). The molecular formula is C26H26N4O3. The Hall–Kier alpha value is -3.74. The minimum atomic E-state index is -0.360. The molecule has 33 heavy (non-hydrogen) atoms. The fourth-order valence-corrected chi connectivity index (χ4v) is 4.60. The van der Waals surface area contributed by atoms with Crippen LogP contribution in [-0.4, -0.2) is 43.8 Å². The van der Waals surface area contributed by atoms with Gasteiger partial charge in [0, 0.05) is 36.3 Å². The molecule has 0 spiro atoms. The zero-order valence-electron chi connectivity index (χ0n) is 19.0. The molecule has 7 heteroatoms. The fourth-order valence-electron chi connectivity index (χ4n) is 4.60. The number of rotatable bonds is 3. The molecule has 168 valence electrons. The summed E-state index contributed by atoms with van der Waals surface area (Å²) >= 11 is 0. The molecule has 0 aliphatic carbocycles. The van der Waals surface area contributed by atoms with Crippen LogP contribution in [0.5, 0.6) is 0 Å². The smallest absolute Gasteiger partial charge is 0.261 e. The van der Waals surface area contributed by atoms with Crippen LogP contribution in [0.1, 0.15) is 68.7 Å². The molecular weight excluding hydrogens is 416 g/mol. The Morgan fingerprint density at radius 2 is 1.73 bits per heavy atom. The number of hydrogen-bond acceptors (Lipinski definition) is 4. The van der Waals surface area contributed by atoms with Gasteiger partial charge in [-0.2, -0.15) is 5.10 Å². The second kappa shape index (κ2) is 7.69. The summed E-state index contributed by atoms with van der Waals surface area (Å²) in [6.07, 6.45) is 2.57. The molecule has 3 aromatic rings. The molecule has 0 radical (unpaired) electrons. The highest BCUT2D eigenvalue weighted by Gasteiger charge is 2.36. The van der Waals surface area contributed by atoms with Crippen molar-refractivity contribution >= 4 is 17.7 Å². The van der Waals surface area contributed by atoms with E-state index in [-0.39, 0.29) is 29.8 Å². The number of benzene rings is 2. The van der Waals surface area contributed by atoms with Crippen molar-refractivity contribution in [2.45, 2.75) is 45.8 Å². The number of nitrogens with zero attached hydrogens (tertiary/aromatic N) is 4. The van der Waals surface area contributed by atoms with Gasteiger partial charge in [0.15, 0.2) is 0 Å². The first-order chi connectivity index (χ1) is 15.7. The van der Waals surface area contributed by atoms with Crippen LogP contribution in [-0.2, 0) is 25.0 Å². The van der Waals surface area contributed by atoms with Crippen LogP contribution in [0.15, 0.2) is 54.7 Å². The zero-order valence-corrected chi connectivity index (χ0v) is 19.0. The predicted molar refractivity (Wildman–Crippen MR) is 123 cm³/mol. The number of aromatic nitrogens is 2. The van der Waals surface area contributed by atoms with Gasteiger partial charge in [-0.3, -0.25) is 24.0 Å². The van der Waals surface area contributed by atoms with Crippen molar-refractivity contribution in [3.63, 3.8) is 0 Å². The van der Waals surface area contributed by atoms with Crippen molar-refractivity contribution < 1.29 is 14.4 Å². The van der Waals surface area contributed by atoms with Crippen LogP contribution >= 0.6 is 0 Å². The van der Waals surface area contributed by atoms with Crippen molar-refractivity contribution in [1.82, 2.24) is 19.6 Å². The highest BCUT2D eigenvalue weighted by Crippen LogP contribution is 2.28. The number of fused-ring (bicyclic) bond motifs is 2. The number of imide groups is 1. The summed E-state index contributed by atoms with van der Waals surface area (Å²) in [7, 11) is 0. The molecule has 2 aromatic carbocycles. The second-order valence-corrected chi connectivity index (χ2v) is 9.62. The first kappa shape index (κ1) is 21.1. The van der Waals surface area contributed by atoms with Gasteiger partial charge in [0.2, 0.25) is 0 Å². The summed E-state index contributed by atoms with van der Waals surface area (Å²) in [4.78, 5) is 42.1. The van der Waals surface area contributed by atoms with Crippen LogP contribution in [0.25, 0.3) is 0 Å². The van der Waals surface area contributed by atoms with E-state index in [4.69, 9.17) is 0 Å². The molecule has 0 bridgehead atoms. The lowest BCUT2D eigenvalue weighted by Crippen LogP contribution is -2.37. The number of carbonyl (C=O) groups is 3. The maximum atomic E-state index is 13.3. The summed E-state index contributed by atoms with van der Waals surface area (Å²) in [5.41, 5.74) is 4.04. The lowest BCUT2D eigenvalue weighted by molar-refractivity contribution is 0.0641. The summed E-state index contributed by atoms with van der Waals surface area (Å²) < 4.78 is 2.03. The molecule has 0 saturated carbocycles. The molecule has 0 unspecified atom stereocenters. The minimum Gasteiger partial charge on any atom is -0.334 e. The molecule has 0 saturated heterocycles. The van der Waals surface area contributed by atoms with E-state index in [1.54, 1.807) is 23.1 Å². The quantitative estimate of drug-likeness (QED) is 0.581. The third kappa shape index (κ3) is 3.63. The summed E-state index contributed by atoms with van der Waals surface area (Å²) in [6.45, 7) is 7.61. The van der Waals surface area contributed by atoms with E-state index in [1.165, 1.54) is 4.90 Å². The van der Waals surface area contributed by atoms with Crippen molar-refractivity contribution in [3.05, 3.63) is 88.2 Å². The lowest BCUT2D eigenvalue weighted by atomic mass is 10.0. The topological polar surface area (TPSA) is 75.5 Å². The molecule has 3 heterocycles. The van der Waals surface area contributed by atoms with Gasteiger partial charge in [0.25, 0.3) is 17.7 Å². The van der Waals surface area contributed by atoms with E-state index < -0.39 is 0 Å². The van der Waals surface area contributed by atoms with E-state index in [1.807, 2.05) is 41.2 Å². The predicted octanol–water partition coefficient (Wildman–Crippen LogP) is 3.63. The van der Waals surface area contributed by atoms with E-state index in [9.17, 15) is 14.4 Å². The molecule has 3 amide bonds. The van der Waals surface area contributed by atoms with Gasteiger partial charge in [-0.15, -0.1) is 0 Å². The van der Waals surface area contributed by atoms with Gasteiger partial charge in [0.05, 0.1) is 29.4 Å². The minimum absolute atomic E-state index is 0.113. The van der Waals surface area contributed by atoms with E-state index in [2.05, 4.69) is 25.9 Å². The first-order valence-electron chi connectivity index (χ1n) is 11.1. The molecule has 0 fully saturated rings. The monoisotopic (exact) mass is 442 g/mol. The molecule has 2 aliphatic heterocycles. The average Bonchev–Trinajstić information content (AvgIpc) is 3.34. The van der Waals surface area contributed by atoms with Gasteiger partial charge in [0.1, 0.15) is 0 Å². The van der Waals surface area contributed by atoms with E-state index in [0.29, 0.717) is 29.8 Å². The third-order valence-electron chi connectivity index (χ3n) is 6.26. The Balaban J connectivity index is 1.36. The fraction of sp³-hybridized carbons (Fsp3) is 0.308. The molecule has 7 nitrogen and oxygen atoms in total. The summed E-state index contributed by atoms with van der Waals surface area (Å²) in [6, 6.07) is 14.2. The number of hydrogen-bond donors (Lipinski definition) is 0. The van der Waals surface area contributed by atoms with Crippen molar-refractivity contribution in [2.75, 3.05) is 6.54 Å².